The molecule has 2 aliphatic rings. The summed E-state index contributed by atoms with van der Waals surface area (Å²) in [5, 5.41) is 9.84. The fraction of sp³-hybridized carbons (Fsp3) is 0.431. The Morgan fingerprint density at radius 3 is 2.27 bits per heavy atom. The van der Waals surface area contributed by atoms with E-state index in [-0.39, 0.29) is 63.9 Å². The number of anilines is 1. The van der Waals surface area contributed by atoms with Crippen LogP contribution in [0.25, 0.3) is 21.8 Å². The number of rotatable bonds is 21. The molecule has 412 valence electrons. The van der Waals surface area contributed by atoms with Crippen LogP contribution in [-0.4, -0.2) is 90.8 Å². The van der Waals surface area contributed by atoms with Crippen molar-refractivity contribution in [2.24, 2.45) is 12.5 Å². The summed E-state index contributed by atoms with van der Waals surface area (Å²) < 4.78 is 8.95. The van der Waals surface area contributed by atoms with Gasteiger partial charge < -0.3 is 34.7 Å². The van der Waals surface area contributed by atoms with Gasteiger partial charge in [0.05, 0.1) is 45.0 Å². The molecule has 0 unspecified atom stereocenters. The van der Waals surface area contributed by atoms with Gasteiger partial charge in [0, 0.05) is 56.6 Å². The number of hydrogen-bond acceptors (Lipinski definition) is 11. The molecule has 8 rings (SSSR count). The number of nitrogens with zero attached hydrogens (tertiary/aromatic N) is 7. The first-order valence-corrected chi connectivity index (χ1v) is 28.2. The van der Waals surface area contributed by atoms with Crippen molar-refractivity contribution in [2.45, 2.75) is 130 Å². The van der Waals surface area contributed by atoms with Gasteiger partial charge in [0.1, 0.15) is 29.6 Å². The van der Waals surface area contributed by atoms with Gasteiger partial charge in [0.15, 0.2) is 5.69 Å². The smallest absolute Gasteiger partial charge is 0.279 e. The zero-order valence-electron chi connectivity index (χ0n) is 45.5. The lowest BCUT2D eigenvalue weighted by Crippen LogP contribution is -2.57. The molecule has 3 N–H and O–H groups in total. The molecule has 78 heavy (non-hydrogen) atoms. The molecule has 0 saturated carbocycles. The number of unbranched alkanes of at least 4 members (excludes halogenated alkanes) is 5. The minimum atomic E-state index is -0.786. The minimum Gasteiger partial charge on any atom is -0.480 e. The van der Waals surface area contributed by atoms with E-state index in [0.717, 1.165) is 53.8 Å². The molecule has 5 amide bonds. The Kier molecular flexibility index (Phi) is 18.2. The van der Waals surface area contributed by atoms with Crippen LogP contribution < -0.4 is 31.1 Å². The highest BCUT2D eigenvalue weighted by Crippen LogP contribution is 2.45. The van der Waals surface area contributed by atoms with Gasteiger partial charge in [-0.3, -0.25) is 33.7 Å². The quantitative estimate of drug-likeness (QED) is 0.0582. The van der Waals surface area contributed by atoms with Crippen LogP contribution in [0.4, 0.5) is 5.69 Å². The van der Waals surface area contributed by atoms with Crippen molar-refractivity contribution < 1.29 is 28.7 Å². The van der Waals surface area contributed by atoms with E-state index in [1.54, 1.807) is 41.5 Å². The van der Waals surface area contributed by atoms with Crippen molar-refractivity contribution >= 4 is 69.8 Å². The number of carbonyl (C=O) groups excluding carboxylic acids is 5. The molecule has 6 heterocycles. The van der Waals surface area contributed by atoms with Gasteiger partial charge in [-0.05, 0) is 92.8 Å². The first-order valence-electron chi connectivity index (χ1n) is 26.5. The Hall–Kier alpha value is -6.89. The normalized spacial score (nSPS) is 15.7. The van der Waals surface area contributed by atoms with E-state index >= 15 is 0 Å². The fourth-order valence-corrected chi connectivity index (χ4v) is 11.5. The second kappa shape index (κ2) is 24.8. The molecule has 20 heteroatoms. The molecule has 2 aromatic carbocycles. The van der Waals surface area contributed by atoms with E-state index in [9.17, 15) is 28.8 Å². The Labute approximate surface area is 469 Å². The largest absolute Gasteiger partial charge is 0.480 e. The van der Waals surface area contributed by atoms with E-state index in [1.807, 2.05) is 88.0 Å². The van der Waals surface area contributed by atoms with E-state index < -0.39 is 35.0 Å². The van der Waals surface area contributed by atoms with Gasteiger partial charge in [0.25, 0.3) is 17.4 Å². The van der Waals surface area contributed by atoms with E-state index in [4.69, 9.17) is 32.9 Å². The number of amides is 5. The number of methoxy groups -OCH3 is 1. The van der Waals surface area contributed by atoms with Crippen LogP contribution in [0.5, 0.6) is 5.88 Å². The minimum absolute atomic E-state index is 0.0950. The topological polar surface area (TPSA) is 203 Å². The van der Waals surface area contributed by atoms with Crippen molar-refractivity contribution in [3.63, 3.8) is 0 Å². The maximum Gasteiger partial charge on any atom is 0.279 e. The first kappa shape index (κ1) is 57.3. The molecule has 0 spiro atoms. The molecule has 0 aliphatic carbocycles. The Morgan fingerprint density at radius 1 is 0.897 bits per heavy atom. The van der Waals surface area contributed by atoms with Gasteiger partial charge in [-0.25, -0.2) is 15.0 Å². The Balaban J connectivity index is 0.813. The standard InChI is InChI=1S/C58H68Cl2N10O7S/c1-34(2)69-48-46(56(75)70(44-29-41(60)32-67(7)55(44)74)47(48)37-22-24-40(59)25-23-37)66-51(69)42-28-39(31-63-54(42)77-8)52(72)61-26-14-12-10-9-11-13-17-45(71)65-50(58(4,5)6)57(76)68-27-15-16-43(68)53(73)62-30-36-18-20-38(21-19-36)49-35(3)64-33-78-49/h18-25,28-29,31-34,43,47,50H,9-17,26-27,30H2,1-8H3,(H,61,72)(H,62,73)(H,65,71)/t43-,47-,50+/m0/s1. The molecule has 1 saturated heterocycles. The molecular formula is C58H68Cl2N10O7S. The highest BCUT2D eigenvalue weighted by molar-refractivity contribution is 7.13. The molecule has 6 aromatic rings. The lowest BCUT2D eigenvalue weighted by molar-refractivity contribution is -0.143. The fourth-order valence-electron chi connectivity index (χ4n) is 10.3. The third-order valence-corrected chi connectivity index (χ3v) is 15.8. The summed E-state index contributed by atoms with van der Waals surface area (Å²) in [5.74, 6) is -0.884. The molecule has 0 bridgehead atoms. The summed E-state index contributed by atoms with van der Waals surface area (Å²) in [6.45, 7) is 12.9. The SMILES string of the molecule is COc1ncc(C(=O)NCCCCCCCCC(=O)N[C@H](C(=O)N2CCC[C@H]2C(=O)NCc2ccc(-c3scnc3C)cc2)C(C)(C)C)cc1-c1nc2c(n1C(C)C)[C@H](c1ccc(Cl)cc1)N(c1cc(Cl)cn(C)c1=O)C2=O. The monoisotopic (exact) mass is 1120 g/mol. The Morgan fingerprint density at radius 2 is 1.60 bits per heavy atom. The van der Waals surface area contributed by atoms with Crippen molar-refractivity contribution in [3.05, 3.63) is 133 Å². The molecule has 1 fully saturated rings. The number of likely N-dealkylation sites (tertiary alicyclic amines) is 1. The zero-order valence-corrected chi connectivity index (χ0v) is 47.8. The number of benzene rings is 2. The van der Waals surface area contributed by atoms with E-state index in [1.165, 1.54) is 35.0 Å². The van der Waals surface area contributed by atoms with Crippen molar-refractivity contribution in [1.29, 1.82) is 0 Å². The summed E-state index contributed by atoms with van der Waals surface area (Å²) in [7, 11) is 3.05. The van der Waals surface area contributed by atoms with Crippen LogP contribution in [0.3, 0.4) is 0 Å². The van der Waals surface area contributed by atoms with Crippen molar-refractivity contribution in [1.82, 2.24) is 44.9 Å². The average molecular weight is 1120 g/mol. The number of aryl methyl sites for hydroxylation is 2. The summed E-state index contributed by atoms with van der Waals surface area (Å²) >= 11 is 14.4. The summed E-state index contributed by atoms with van der Waals surface area (Å²) in [6, 6.07) is 15.8. The van der Waals surface area contributed by atoms with Crippen LogP contribution in [0.2, 0.25) is 10.0 Å². The molecule has 4 aromatic heterocycles. The number of carbonyl (C=O) groups is 5. The van der Waals surface area contributed by atoms with Gasteiger partial charge >= 0.3 is 0 Å². The number of ether oxygens (including phenoxy) is 1. The maximum absolute atomic E-state index is 14.5. The van der Waals surface area contributed by atoms with Gasteiger partial charge in [-0.2, -0.15) is 0 Å². The number of pyridine rings is 2. The highest BCUT2D eigenvalue weighted by atomic mass is 35.5. The van der Waals surface area contributed by atoms with Gasteiger partial charge in [-0.1, -0.05) is 106 Å². The van der Waals surface area contributed by atoms with Crippen LogP contribution >= 0.6 is 34.5 Å². The van der Waals surface area contributed by atoms with E-state index in [0.29, 0.717) is 66.6 Å². The molecule has 0 radical (unpaired) electrons. The number of hydrogen-bond donors (Lipinski definition) is 3. The summed E-state index contributed by atoms with van der Waals surface area (Å²) in [5.41, 5.74) is 6.02. The van der Waals surface area contributed by atoms with Gasteiger partial charge in [0.2, 0.25) is 23.6 Å². The second-order valence-electron chi connectivity index (χ2n) is 21.4. The molecular weight excluding hydrogens is 1050 g/mol. The maximum atomic E-state index is 14.5. The first-order chi connectivity index (χ1) is 37.3. The van der Waals surface area contributed by atoms with Gasteiger partial charge in [-0.15, -0.1) is 11.3 Å². The second-order valence-corrected chi connectivity index (χ2v) is 23.1. The van der Waals surface area contributed by atoms with Crippen LogP contribution in [-0.2, 0) is 28.0 Å². The van der Waals surface area contributed by atoms with Crippen molar-refractivity contribution in [2.75, 3.05) is 25.1 Å². The van der Waals surface area contributed by atoms with Crippen molar-refractivity contribution in [3.8, 4) is 27.7 Å². The highest BCUT2D eigenvalue weighted by Gasteiger charge is 2.46. The number of fused-ring (bicyclic) bond motifs is 1. The van der Waals surface area contributed by atoms with E-state index in [2.05, 4.69) is 25.9 Å². The Bertz CT molecular complexity index is 3240. The lowest BCUT2D eigenvalue weighted by Gasteiger charge is -2.35. The predicted octanol–water partition coefficient (Wildman–Crippen LogP) is 10.0. The molecule has 17 nitrogen and oxygen atoms in total. The zero-order chi connectivity index (χ0) is 56.0. The van der Waals surface area contributed by atoms with Crippen LogP contribution in [0, 0.1) is 12.3 Å². The summed E-state index contributed by atoms with van der Waals surface area (Å²) in [6.07, 6.45) is 9.37. The number of thiazole rings is 1. The predicted molar refractivity (Wildman–Crippen MR) is 304 cm³/mol. The van der Waals surface area contributed by atoms with Crippen LogP contribution in [0.15, 0.2) is 83.4 Å². The molecule has 3 atom stereocenters. The third kappa shape index (κ3) is 12.7. The number of halogens is 2. The summed E-state index contributed by atoms with van der Waals surface area (Å²) in [4.78, 5) is 101. The molecule has 2 aliphatic heterocycles. The number of aromatic nitrogens is 5. The third-order valence-electron chi connectivity index (χ3n) is 14.3. The number of imidazole rings is 1. The van der Waals surface area contributed by atoms with Crippen LogP contribution in [0.1, 0.15) is 148 Å². The lowest BCUT2D eigenvalue weighted by atomic mass is 9.85. The average Bonchev–Trinajstić information content (AvgIpc) is 4.42. The number of nitrogens with one attached hydrogen (secondary N) is 3.